The van der Waals surface area contributed by atoms with Crippen LogP contribution in [0.4, 0.5) is 0 Å². The van der Waals surface area contributed by atoms with Crippen LogP contribution in [0.3, 0.4) is 0 Å². The molecule has 0 radical (unpaired) electrons. The Labute approximate surface area is 117 Å². The first-order valence-electron chi connectivity index (χ1n) is 7.65. The second kappa shape index (κ2) is 5.26. The molecule has 2 bridgehead atoms. The van der Waals surface area contributed by atoms with Gasteiger partial charge < -0.3 is 10.2 Å². The van der Waals surface area contributed by atoms with Gasteiger partial charge in [-0.1, -0.05) is 29.8 Å². The minimum Gasteiger partial charge on any atom is -0.313 e. The second-order valence-corrected chi connectivity index (χ2v) is 6.46. The number of rotatable bonds is 3. The van der Waals surface area contributed by atoms with Crippen LogP contribution in [0.25, 0.3) is 0 Å². The summed E-state index contributed by atoms with van der Waals surface area (Å²) >= 11 is 0. The maximum Gasteiger partial charge on any atom is 0.0347 e. The Morgan fingerprint density at radius 1 is 1.11 bits per heavy atom. The molecule has 0 aromatic heterocycles. The predicted molar refractivity (Wildman–Crippen MR) is 80.3 cm³/mol. The minimum atomic E-state index is 0.525. The highest BCUT2D eigenvalue weighted by Crippen LogP contribution is 2.42. The van der Waals surface area contributed by atoms with E-state index in [1.54, 1.807) is 0 Å². The quantitative estimate of drug-likeness (QED) is 0.896. The van der Waals surface area contributed by atoms with E-state index < -0.39 is 0 Å². The first-order chi connectivity index (χ1) is 9.19. The third kappa shape index (κ3) is 2.44. The lowest BCUT2D eigenvalue weighted by Gasteiger charge is -2.40. The largest absolute Gasteiger partial charge is 0.313 e. The van der Waals surface area contributed by atoms with Crippen molar-refractivity contribution in [1.82, 2.24) is 10.2 Å². The Balaban J connectivity index is 1.78. The Morgan fingerprint density at radius 3 is 2.21 bits per heavy atom. The SMILES string of the molecule is CNC(c1ccc(C)cc1)C1CC2CCC(C1)N2C. The number of nitrogens with zero attached hydrogens (tertiary/aromatic N) is 1. The molecule has 0 aliphatic carbocycles. The summed E-state index contributed by atoms with van der Waals surface area (Å²) in [7, 11) is 4.43. The molecular weight excluding hydrogens is 232 g/mol. The highest BCUT2D eigenvalue weighted by atomic mass is 15.2. The van der Waals surface area contributed by atoms with Crippen molar-refractivity contribution in [2.75, 3.05) is 14.1 Å². The number of aryl methyl sites for hydroxylation is 1. The molecular formula is C17H26N2. The molecule has 19 heavy (non-hydrogen) atoms. The van der Waals surface area contributed by atoms with Crippen LogP contribution in [-0.2, 0) is 0 Å². The average Bonchev–Trinajstić information content (AvgIpc) is 2.65. The normalized spacial score (nSPS) is 32.5. The van der Waals surface area contributed by atoms with Crippen molar-refractivity contribution < 1.29 is 0 Å². The van der Waals surface area contributed by atoms with E-state index in [-0.39, 0.29) is 0 Å². The van der Waals surface area contributed by atoms with Crippen molar-refractivity contribution in [3.05, 3.63) is 35.4 Å². The summed E-state index contributed by atoms with van der Waals surface area (Å²) in [6.45, 7) is 2.16. The lowest BCUT2D eigenvalue weighted by atomic mass is 9.82. The highest BCUT2D eigenvalue weighted by molar-refractivity contribution is 5.25. The van der Waals surface area contributed by atoms with Crippen LogP contribution >= 0.6 is 0 Å². The van der Waals surface area contributed by atoms with Crippen molar-refractivity contribution in [1.29, 1.82) is 0 Å². The molecule has 2 nitrogen and oxygen atoms in total. The molecule has 0 amide bonds. The Kier molecular flexibility index (Phi) is 3.64. The molecule has 2 heteroatoms. The van der Waals surface area contributed by atoms with Gasteiger partial charge in [-0.05, 0) is 58.2 Å². The first kappa shape index (κ1) is 13.1. The van der Waals surface area contributed by atoms with Crippen LogP contribution in [0.2, 0.25) is 0 Å². The van der Waals surface area contributed by atoms with Crippen molar-refractivity contribution in [3.8, 4) is 0 Å². The van der Waals surface area contributed by atoms with Gasteiger partial charge in [0.2, 0.25) is 0 Å². The Bertz CT molecular complexity index is 411. The van der Waals surface area contributed by atoms with Crippen molar-refractivity contribution in [2.24, 2.45) is 5.92 Å². The summed E-state index contributed by atoms with van der Waals surface area (Å²) in [4.78, 5) is 2.62. The number of fused-ring (bicyclic) bond motifs is 2. The summed E-state index contributed by atoms with van der Waals surface area (Å²) in [5.41, 5.74) is 2.81. The smallest absolute Gasteiger partial charge is 0.0347 e. The zero-order valence-electron chi connectivity index (χ0n) is 12.4. The second-order valence-electron chi connectivity index (χ2n) is 6.46. The molecule has 104 valence electrons. The number of benzene rings is 1. The van der Waals surface area contributed by atoms with Gasteiger partial charge in [-0.15, -0.1) is 0 Å². The van der Waals surface area contributed by atoms with E-state index in [0.717, 1.165) is 18.0 Å². The zero-order valence-corrected chi connectivity index (χ0v) is 12.4. The molecule has 3 unspecified atom stereocenters. The topological polar surface area (TPSA) is 15.3 Å². The van der Waals surface area contributed by atoms with Gasteiger partial charge in [0.25, 0.3) is 0 Å². The van der Waals surface area contributed by atoms with Crippen LogP contribution in [0.1, 0.15) is 42.9 Å². The monoisotopic (exact) mass is 258 g/mol. The molecule has 1 aromatic carbocycles. The fourth-order valence-corrected chi connectivity index (χ4v) is 4.17. The molecule has 2 fully saturated rings. The first-order valence-corrected chi connectivity index (χ1v) is 7.65. The predicted octanol–water partition coefficient (Wildman–Crippen LogP) is 3.13. The molecule has 2 aliphatic heterocycles. The van der Waals surface area contributed by atoms with E-state index in [2.05, 4.69) is 55.5 Å². The molecule has 2 heterocycles. The van der Waals surface area contributed by atoms with E-state index in [1.807, 2.05) is 0 Å². The fourth-order valence-electron chi connectivity index (χ4n) is 4.17. The molecule has 3 atom stereocenters. The molecule has 1 aromatic rings. The highest BCUT2D eigenvalue weighted by Gasteiger charge is 2.40. The van der Waals surface area contributed by atoms with E-state index in [0.29, 0.717) is 6.04 Å². The number of nitrogens with one attached hydrogen (secondary N) is 1. The number of piperidine rings is 1. The van der Waals surface area contributed by atoms with Gasteiger partial charge in [0, 0.05) is 18.1 Å². The molecule has 1 N–H and O–H groups in total. The van der Waals surface area contributed by atoms with Gasteiger partial charge in [-0.3, -0.25) is 0 Å². The van der Waals surface area contributed by atoms with Crippen LogP contribution < -0.4 is 5.32 Å². The average molecular weight is 258 g/mol. The summed E-state index contributed by atoms with van der Waals surface area (Å²) in [6, 6.07) is 11.3. The van der Waals surface area contributed by atoms with Gasteiger partial charge in [-0.25, -0.2) is 0 Å². The molecule has 2 saturated heterocycles. The van der Waals surface area contributed by atoms with Crippen LogP contribution in [0.5, 0.6) is 0 Å². The van der Waals surface area contributed by atoms with E-state index >= 15 is 0 Å². The Morgan fingerprint density at radius 2 is 1.68 bits per heavy atom. The van der Waals surface area contributed by atoms with Gasteiger partial charge in [0.15, 0.2) is 0 Å². The minimum absolute atomic E-state index is 0.525. The van der Waals surface area contributed by atoms with E-state index in [4.69, 9.17) is 0 Å². The molecule has 0 saturated carbocycles. The fraction of sp³-hybridized carbons (Fsp3) is 0.647. The molecule has 3 rings (SSSR count). The molecule has 2 aliphatic rings. The Hall–Kier alpha value is -0.860. The van der Waals surface area contributed by atoms with Gasteiger partial charge in [0.1, 0.15) is 0 Å². The van der Waals surface area contributed by atoms with Crippen molar-refractivity contribution >= 4 is 0 Å². The number of hydrogen-bond donors (Lipinski definition) is 1. The van der Waals surface area contributed by atoms with Gasteiger partial charge in [0.05, 0.1) is 0 Å². The maximum atomic E-state index is 3.57. The van der Waals surface area contributed by atoms with Crippen LogP contribution in [0, 0.1) is 12.8 Å². The van der Waals surface area contributed by atoms with Crippen molar-refractivity contribution in [2.45, 2.75) is 50.7 Å². The van der Waals surface area contributed by atoms with E-state index in [1.165, 1.54) is 36.8 Å². The third-order valence-electron chi connectivity index (χ3n) is 5.35. The van der Waals surface area contributed by atoms with E-state index in [9.17, 15) is 0 Å². The summed E-state index contributed by atoms with van der Waals surface area (Å²) < 4.78 is 0. The van der Waals surface area contributed by atoms with Crippen molar-refractivity contribution in [3.63, 3.8) is 0 Å². The van der Waals surface area contributed by atoms with Crippen LogP contribution in [-0.4, -0.2) is 31.1 Å². The standard InChI is InChI=1S/C17H26N2/c1-12-4-6-13(7-5-12)17(18-2)14-10-15-8-9-16(11-14)19(15)3/h4-7,14-18H,8-11H2,1-3H3. The summed E-state index contributed by atoms with van der Waals surface area (Å²) in [6.07, 6.45) is 5.52. The third-order valence-corrected chi connectivity index (χ3v) is 5.35. The lowest BCUT2D eigenvalue weighted by molar-refractivity contribution is 0.114. The molecule has 0 spiro atoms. The lowest BCUT2D eigenvalue weighted by Crippen LogP contribution is -2.43. The van der Waals surface area contributed by atoms with Crippen LogP contribution in [0.15, 0.2) is 24.3 Å². The summed E-state index contributed by atoms with van der Waals surface area (Å²) in [5, 5.41) is 3.57. The van der Waals surface area contributed by atoms with Gasteiger partial charge >= 0.3 is 0 Å². The zero-order chi connectivity index (χ0) is 13.4. The van der Waals surface area contributed by atoms with Gasteiger partial charge in [-0.2, -0.15) is 0 Å². The summed E-state index contributed by atoms with van der Waals surface area (Å²) in [5.74, 6) is 0.793. The number of hydrogen-bond acceptors (Lipinski definition) is 2. The maximum absolute atomic E-state index is 3.57.